The largest absolute Gasteiger partial charge is 0.387 e. The molecule has 0 aliphatic carbocycles. The number of aliphatic hydroxyl groups is 1. The molecule has 0 spiro atoms. The van der Waals surface area contributed by atoms with E-state index < -0.39 is 6.10 Å². The van der Waals surface area contributed by atoms with E-state index in [-0.39, 0.29) is 18.3 Å². The summed E-state index contributed by atoms with van der Waals surface area (Å²) in [6.45, 7) is 3.53. The number of hydrogen-bond donors (Lipinski definition) is 2. The Kier molecular flexibility index (Phi) is 4.43. The van der Waals surface area contributed by atoms with Crippen LogP contribution in [0, 0.1) is 12.7 Å². The van der Waals surface area contributed by atoms with Crippen LogP contribution in [0.3, 0.4) is 0 Å². The lowest BCUT2D eigenvalue weighted by atomic mass is 10.1. The van der Waals surface area contributed by atoms with E-state index >= 15 is 0 Å². The zero-order chi connectivity index (χ0) is 12.1. The van der Waals surface area contributed by atoms with Gasteiger partial charge in [-0.05, 0) is 24.1 Å². The zero-order valence-electron chi connectivity index (χ0n) is 9.46. The number of carbonyl (C=O) groups excluding carboxylic acids is 1. The molecule has 0 aliphatic rings. The van der Waals surface area contributed by atoms with Gasteiger partial charge in [0.1, 0.15) is 5.82 Å². The minimum Gasteiger partial charge on any atom is -0.387 e. The number of benzene rings is 1. The van der Waals surface area contributed by atoms with Gasteiger partial charge in [-0.2, -0.15) is 0 Å². The molecular weight excluding hydrogens is 209 g/mol. The second kappa shape index (κ2) is 5.61. The average Bonchev–Trinajstić information content (AvgIpc) is 2.29. The highest BCUT2D eigenvalue weighted by Gasteiger charge is 2.10. The maximum absolute atomic E-state index is 13.0. The van der Waals surface area contributed by atoms with Crippen molar-refractivity contribution in [3.63, 3.8) is 0 Å². The lowest BCUT2D eigenvalue weighted by Crippen LogP contribution is -2.27. The molecule has 0 aromatic heterocycles. The fourth-order valence-electron chi connectivity index (χ4n) is 1.33. The van der Waals surface area contributed by atoms with Crippen LogP contribution in [0.5, 0.6) is 0 Å². The molecule has 2 N–H and O–H groups in total. The van der Waals surface area contributed by atoms with Gasteiger partial charge in [-0.15, -0.1) is 0 Å². The molecule has 1 amide bonds. The van der Waals surface area contributed by atoms with E-state index in [4.69, 9.17) is 0 Å². The number of aryl methyl sites for hydroxylation is 1. The van der Waals surface area contributed by atoms with Crippen molar-refractivity contribution < 1.29 is 14.3 Å². The number of amides is 1. The summed E-state index contributed by atoms with van der Waals surface area (Å²) in [5, 5.41) is 12.3. The normalized spacial score (nSPS) is 12.2. The second-order valence-electron chi connectivity index (χ2n) is 3.68. The predicted molar refractivity (Wildman–Crippen MR) is 59.4 cm³/mol. The van der Waals surface area contributed by atoms with Gasteiger partial charge in [0.2, 0.25) is 5.91 Å². The van der Waals surface area contributed by atoms with Crippen molar-refractivity contribution in [3.8, 4) is 0 Å². The van der Waals surface area contributed by atoms with Crippen molar-refractivity contribution >= 4 is 5.91 Å². The van der Waals surface area contributed by atoms with Crippen molar-refractivity contribution in [2.45, 2.75) is 26.4 Å². The summed E-state index contributed by atoms with van der Waals surface area (Å²) in [5.41, 5.74) is 1.09. The van der Waals surface area contributed by atoms with Crippen LogP contribution in [0.25, 0.3) is 0 Å². The van der Waals surface area contributed by atoms with Gasteiger partial charge in [-0.3, -0.25) is 4.79 Å². The van der Waals surface area contributed by atoms with Crippen molar-refractivity contribution in [3.05, 3.63) is 35.1 Å². The minimum atomic E-state index is -0.796. The molecule has 1 aromatic rings. The molecule has 1 aromatic carbocycles. The van der Waals surface area contributed by atoms with Crippen LogP contribution in [0.1, 0.15) is 30.6 Å². The first-order valence-electron chi connectivity index (χ1n) is 5.25. The number of halogens is 1. The highest BCUT2D eigenvalue weighted by molar-refractivity contribution is 5.75. The molecule has 88 valence electrons. The van der Waals surface area contributed by atoms with E-state index in [1.807, 2.05) is 0 Å². The maximum Gasteiger partial charge on any atom is 0.219 e. The lowest BCUT2D eigenvalue weighted by Gasteiger charge is -2.12. The van der Waals surface area contributed by atoms with E-state index in [9.17, 15) is 14.3 Å². The fourth-order valence-corrected chi connectivity index (χ4v) is 1.33. The second-order valence-corrected chi connectivity index (χ2v) is 3.68. The first-order valence-corrected chi connectivity index (χ1v) is 5.25. The smallest absolute Gasteiger partial charge is 0.219 e. The SMILES string of the molecule is CCC(=O)NCC(O)c1ccc(F)c(C)c1. The molecule has 0 heterocycles. The topological polar surface area (TPSA) is 49.3 Å². The highest BCUT2D eigenvalue weighted by atomic mass is 19.1. The Morgan fingerprint density at radius 2 is 2.25 bits per heavy atom. The van der Waals surface area contributed by atoms with Crippen molar-refractivity contribution in [2.24, 2.45) is 0 Å². The monoisotopic (exact) mass is 225 g/mol. The Balaban J connectivity index is 2.62. The Morgan fingerprint density at radius 1 is 1.56 bits per heavy atom. The van der Waals surface area contributed by atoms with Gasteiger partial charge in [0.05, 0.1) is 6.10 Å². The third kappa shape index (κ3) is 3.31. The van der Waals surface area contributed by atoms with Gasteiger partial charge in [0, 0.05) is 13.0 Å². The van der Waals surface area contributed by atoms with Crippen LogP contribution in [0.4, 0.5) is 4.39 Å². The Labute approximate surface area is 94.3 Å². The average molecular weight is 225 g/mol. The molecule has 0 saturated carbocycles. The van der Waals surface area contributed by atoms with Crippen LogP contribution in [-0.4, -0.2) is 17.6 Å². The van der Waals surface area contributed by atoms with Crippen LogP contribution in [0.15, 0.2) is 18.2 Å². The quantitative estimate of drug-likeness (QED) is 0.819. The zero-order valence-corrected chi connectivity index (χ0v) is 9.46. The third-order valence-corrected chi connectivity index (χ3v) is 2.38. The molecule has 4 heteroatoms. The maximum atomic E-state index is 13.0. The summed E-state index contributed by atoms with van der Waals surface area (Å²) in [4.78, 5) is 11.0. The number of hydrogen-bond acceptors (Lipinski definition) is 2. The standard InChI is InChI=1S/C12H16FNO2/c1-3-12(16)14-7-11(15)9-4-5-10(13)8(2)6-9/h4-6,11,15H,3,7H2,1-2H3,(H,14,16). The highest BCUT2D eigenvalue weighted by Crippen LogP contribution is 2.15. The summed E-state index contributed by atoms with van der Waals surface area (Å²) in [6, 6.07) is 4.42. The van der Waals surface area contributed by atoms with E-state index in [0.29, 0.717) is 17.5 Å². The summed E-state index contributed by atoms with van der Waals surface area (Å²) < 4.78 is 13.0. The summed E-state index contributed by atoms with van der Waals surface area (Å²) >= 11 is 0. The molecule has 1 unspecified atom stereocenters. The Morgan fingerprint density at radius 3 is 2.81 bits per heavy atom. The molecule has 0 saturated heterocycles. The van der Waals surface area contributed by atoms with Crippen LogP contribution >= 0.6 is 0 Å². The molecule has 0 radical (unpaired) electrons. The number of carbonyl (C=O) groups is 1. The third-order valence-electron chi connectivity index (χ3n) is 2.38. The van der Waals surface area contributed by atoms with Crippen molar-refractivity contribution in [2.75, 3.05) is 6.54 Å². The number of nitrogens with one attached hydrogen (secondary N) is 1. The Hall–Kier alpha value is -1.42. The van der Waals surface area contributed by atoms with E-state index in [2.05, 4.69) is 5.32 Å². The molecular formula is C12H16FNO2. The molecule has 0 bridgehead atoms. The molecule has 16 heavy (non-hydrogen) atoms. The summed E-state index contributed by atoms with van der Waals surface area (Å²) in [5.74, 6) is -0.411. The van der Waals surface area contributed by atoms with Crippen LogP contribution < -0.4 is 5.32 Å². The first-order chi connectivity index (χ1) is 7.54. The fraction of sp³-hybridized carbons (Fsp3) is 0.417. The van der Waals surface area contributed by atoms with E-state index in [1.54, 1.807) is 19.9 Å². The van der Waals surface area contributed by atoms with Crippen molar-refractivity contribution in [1.82, 2.24) is 5.32 Å². The van der Waals surface area contributed by atoms with Gasteiger partial charge in [0.15, 0.2) is 0 Å². The van der Waals surface area contributed by atoms with Crippen LogP contribution in [0.2, 0.25) is 0 Å². The molecule has 1 rings (SSSR count). The molecule has 1 atom stereocenters. The lowest BCUT2D eigenvalue weighted by molar-refractivity contribution is -0.121. The van der Waals surface area contributed by atoms with Crippen molar-refractivity contribution in [1.29, 1.82) is 0 Å². The minimum absolute atomic E-state index is 0.113. The van der Waals surface area contributed by atoms with E-state index in [1.165, 1.54) is 12.1 Å². The first kappa shape index (κ1) is 12.6. The molecule has 0 fully saturated rings. The van der Waals surface area contributed by atoms with Gasteiger partial charge in [-0.1, -0.05) is 19.1 Å². The number of aliphatic hydroxyl groups excluding tert-OH is 1. The van der Waals surface area contributed by atoms with Gasteiger partial charge in [-0.25, -0.2) is 4.39 Å². The molecule has 3 nitrogen and oxygen atoms in total. The number of rotatable bonds is 4. The predicted octanol–water partition coefficient (Wildman–Crippen LogP) is 1.69. The van der Waals surface area contributed by atoms with E-state index in [0.717, 1.165) is 0 Å². The van der Waals surface area contributed by atoms with Gasteiger partial charge in [0.25, 0.3) is 0 Å². The van der Waals surface area contributed by atoms with Gasteiger partial charge >= 0.3 is 0 Å². The Bertz CT molecular complexity index is 379. The molecule has 0 aliphatic heterocycles. The van der Waals surface area contributed by atoms with Crippen LogP contribution in [-0.2, 0) is 4.79 Å². The van der Waals surface area contributed by atoms with Gasteiger partial charge < -0.3 is 10.4 Å². The summed E-state index contributed by atoms with van der Waals surface area (Å²) in [7, 11) is 0. The summed E-state index contributed by atoms with van der Waals surface area (Å²) in [6.07, 6.45) is -0.412.